The molecule has 2 aromatic carbocycles. The van der Waals surface area contributed by atoms with Crippen LogP contribution >= 0.6 is 28.3 Å². The molecule has 0 saturated carbocycles. The Hall–Kier alpha value is -1.36. The van der Waals surface area contributed by atoms with Gasteiger partial charge in [0.25, 0.3) is 0 Å². The largest absolute Gasteiger partial charge is 0.478 e. The second kappa shape index (κ2) is 8.04. The van der Waals surface area contributed by atoms with Crippen LogP contribution in [0.4, 0.5) is 0 Å². The molecule has 0 aliphatic carbocycles. The lowest BCUT2D eigenvalue weighted by molar-refractivity contribution is 0.0697. The number of hydrogen-bond acceptors (Lipinski definition) is 2. The molecule has 0 unspecified atom stereocenters. The molecule has 2 N–H and O–H groups in total. The maximum absolute atomic E-state index is 10.7. The van der Waals surface area contributed by atoms with Gasteiger partial charge in [0, 0.05) is 17.6 Å². The molecule has 0 spiro atoms. The Morgan fingerprint density at radius 3 is 1.85 bits per heavy atom. The summed E-state index contributed by atoms with van der Waals surface area (Å²) < 4.78 is 1.07. The number of carboxylic acids is 1. The second-order valence-electron chi connectivity index (χ2n) is 4.23. The highest BCUT2D eigenvalue weighted by Crippen LogP contribution is 2.10. The fourth-order valence-corrected chi connectivity index (χ4v) is 1.98. The van der Waals surface area contributed by atoms with Gasteiger partial charge in [0.1, 0.15) is 0 Å². The van der Waals surface area contributed by atoms with E-state index in [-0.39, 0.29) is 12.4 Å². The van der Waals surface area contributed by atoms with Crippen LogP contribution in [0.2, 0.25) is 0 Å². The Kier molecular flexibility index (Phi) is 6.71. The minimum Gasteiger partial charge on any atom is -0.478 e. The summed E-state index contributed by atoms with van der Waals surface area (Å²) >= 11 is 3.40. The predicted molar refractivity (Wildman–Crippen MR) is 85.3 cm³/mol. The number of hydrogen-bond donors (Lipinski definition) is 2. The second-order valence-corrected chi connectivity index (χ2v) is 5.15. The average molecular weight is 357 g/mol. The van der Waals surface area contributed by atoms with E-state index in [1.54, 1.807) is 12.1 Å². The smallest absolute Gasteiger partial charge is 0.335 e. The van der Waals surface area contributed by atoms with Gasteiger partial charge in [-0.2, -0.15) is 0 Å². The fraction of sp³-hybridized carbons (Fsp3) is 0.133. The van der Waals surface area contributed by atoms with Gasteiger partial charge in [0.05, 0.1) is 5.56 Å². The van der Waals surface area contributed by atoms with Crippen molar-refractivity contribution in [2.75, 3.05) is 0 Å². The van der Waals surface area contributed by atoms with Gasteiger partial charge in [0.2, 0.25) is 0 Å². The summed E-state index contributed by atoms with van der Waals surface area (Å²) in [6, 6.07) is 15.1. The third-order valence-corrected chi connectivity index (χ3v) is 3.30. The van der Waals surface area contributed by atoms with Crippen LogP contribution in [0, 0.1) is 0 Å². The number of carbonyl (C=O) groups is 1. The van der Waals surface area contributed by atoms with Gasteiger partial charge in [0.15, 0.2) is 0 Å². The van der Waals surface area contributed by atoms with E-state index in [0.29, 0.717) is 5.56 Å². The Balaban J connectivity index is 0.00000200. The van der Waals surface area contributed by atoms with Crippen LogP contribution in [-0.4, -0.2) is 11.1 Å². The van der Waals surface area contributed by atoms with Gasteiger partial charge < -0.3 is 10.4 Å². The zero-order chi connectivity index (χ0) is 13.7. The SMILES string of the molecule is Cl.O=C(O)c1ccc(CNCc2ccc(Br)cc2)cc1. The van der Waals surface area contributed by atoms with Crippen LogP contribution in [0.1, 0.15) is 21.5 Å². The molecule has 0 saturated heterocycles. The third-order valence-electron chi connectivity index (χ3n) is 2.77. The molecule has 5 heteroatoms. The molecule has 0 atom stereocenters. The minimum absolute atomic E-state index is 0. The molecule has 106 valence electrons. The van der Waals surface area contributed by atoms with Crippen LogP contribution in [-0.2, 0) is 13.1 Å². The van der Waals surface area contributed by atoms with Crippen LogP contribution in [0.15, 0.2) is 53.0 Å². The van der Waals surface area contributed by atoms with Crippen molar-refractivity contribution in [2.45, 2.75) is 13.1 Å². The van der Waals surface area contributed by atoms with Crippen molar-refractivity contribution < 1.29 is 9.90 Å². The van der Waals surface area contributed by atoms with Crippen LogP contribution in [0.5, 0.6) is 0 Å². The molecule has 20 heavy (non-hydrogen) atoms. The number of rotatable bonds is 5. The number of nitrogens with one attached hydrogen (secondary N) is 1. The quantitative estimate of drug-likeness (QED) is 0.855. The van der Waals surface area contributed by atoms with Crippen molar-refractivity contribution >= 4 is 34.3 Å². The summed E-state index contributed by atoms with van der Waals surface area (Å²) in [6.45, 7) is 1.50. The van der Waals surface area contributed by atoms with E-state index in [0.717, 1.165) is 23.1 Å². The zero-order valence-corrected chi connectivity index (χ0v) is 13.1. The van der Waals surface area contributed by atoms with Crippen molar-refractivity contribution in [3.05, 3.63) is 69.7 Å². The van der Waals surface area contributed by atoms with E-state index >= 15 is 0 Å². The Morgan fingerprint density at radius 1 is 0.950 bits per heavy atom. The highest BCUT2D eigenvalue weighted by atomic mass is 79.9. The van der Waals surface area contributed by atoms with Crippen molar-refractivity contribution in [2.24, 2.45) is 0 Å². The molecule has 0 amide bonds. The maximum Gasteiger partial charge on any atom is 0.335 e. The topological polar surface area (TPSA) is 49.3 Å². The van der Waals surface area contributed by atoms with Gasteiger partial charge in [-0.15, -0.1) is 12.4 Å². The first kappa shape index (κ1) is 16.7. The Morgan fingerprint density at radius 2 is 1.40 bits per heavy atom. The van der Waals surface area contributed by atoms with E-state index in [1.165, 1.54) is 5.56 Å². The van der Waals surface area contributed by atoms with E-state index in [1.807, 2.05) is 24.3 Å². The molecule has 0 heterocycles. The molecule has 0 bridgehead atoms. The molecular formula is C15H15BrClNO2. The summed E-state index contributed by atoms with van der Waals surface area (Å²) in [5.41, 5.74) is 2.60. The molecule has 0 aliphatic heterocycles. The van der Waals surface area contributed by atoms with Gasteiger partial charge in [-0.3, -0.25) is 0 Å². The average Bonchev–Trinajstić information content (AvgIpc) is 2.41. The first-order valence-electron chi connectivity index (χ1n) is 5.92. The fourth-order valence-electron chi connectivity index (χ4n) is 1.72. The lowest BCUT2D eigenvalue weighted by Crippen LogP contribution is -2.12. The monoisotopic (exact) mass is 355 g/mol. The highest BCUT2D eigenvalue weighted by molar-refractivity contribution is 9.10. The molecule has 3 nitrogen and oxygen atoms in total. The van der Waals surface area contributed by atoms with Crippen molar-refractivity contribution in [1.29, 1.82) is 0 Å². The van der Waals surface area contributed by atoms with Gasteiger partial charge in [-0.05, 0) is 35.4 Å². The zero-order valence-electron chi connectivity index (χ0n) is 10.7. The van der Waals surface area contributed by atoms with Crippen LogP contribution in [0.3, 0.4) is 0 Å². The molecule has 2 aromatic rings. The van der Waals surface area contributed by atoms with E-state index in [2.05, 4.69) is 33.4 Å². The normalized spacial score (nSPS) is 9.85. The van der Waals surface area contributed by atoms with E-state index in [9.17, 15) is 4.79 Å². The number of benzene rings is 2. The summed E-state index contributed by atoms with van der Waals surface area (Å²) in [5, 5.41) is 12.1. The van der Waals surface area contributed by atoms with Gasteiger partial charge >= 0.3 is 5.97 Å². The third kappa shape index (κ3) is 4.96. The molecule has 0 radical (unpaired) electrons. The van der Waals surface area contributed by atoms with E-state index < -0.39 is 5.97 Å². The van der Waals surface area contributed by atoms with Crippen molar-refractivity contribution in [1.82, 2.24) is 5.32 Å². The molecule has 0 fully saturated rings. The van der Waals surface area contributed by atoms with Crippen molar-refractivity contribution in [3.8, 4) is 0 Å². The summed E-state index contributed by atoms with van der Waals surface area (Å²) in [5.74, 6) is -0.894. The lowest BCUT2D eigenvalue weighted by Gasteiger charge is -2.05. The molecule has 0 aromatic heterocycles. The van der Waals surface area contributed by atoms with E-state index in [4.69, 9.17) is 5.11 Å². The van der Waals surface area contributed by atoms with Crippen molar-refractivity contribution in [3.63, 3.8) is 0 Å². The van der Waals surface area contributed by atoms with Crippen LogP contribution in [0.25, 0.3) is 0 Å². The van der Waals surface area contributed by atoms with Crippen LogP contribution < -0.4 is 5.32 Å². The number of aromatic carboxylic acids is 1. The first-order valence-corrected chi connectivity index (χ1v) is 6.72. The van der Waals surface area contributed by atoms with Gasteiger partial charge in [-0.1, -0.05) is 40.2 Å². The Labute approximate surface area is 132 Å². The molecule has 0 aliphatic rings. The summed E-state index contributed by atoms with van der Waals surface area (Å²) in [4.78, 5) is 10.7. The maximum atomic E-state index is 10.7. The Bertz CT molecular complexity index is 555. The molecule has 2 rings (SSSR count). The molecular weight excluding hydrogens is 342 g/mol. The minimum atomic E-state index is -0.894. The highest BCUT2D eigenvalue weighted by Gasteiger charge is 2.01. The predicted octanol–water partition coefficient (Wildman–Crippen LogP) is 3.86. The van der Waals surface area contributed by atoms with Gasteiger partial charge in [-0.25, -0.2) is 4.79 Å². The summed E-state index contributed by atoms with van der Waals surface area (Å²) in [6.07, 6.45) is 0. The number of carboxylic acid groups (broad SMARTS) is 1. The first-order chi connectivity index (χ1) is 9.15. The number of halogens is 2. The standard InChI is InChI=1S/C15H14BrNO2.ClH/c16-14-7-3-12(4-8-14)10-17-9-11-1-5-13(6-2-11)15(18)19;/h1-8,17H,9-10H2,(H,18,19);1H. The summed E-state index contributed by atoms with van der Waals surface area (Å²) in [7, 11) is 0. The lowest BCUT2D eigenvalue weighted by atomic mass is 10.1.